The largest absolute Gasteiger partial charge is 0.461 e. The third kappa shape index (κ3) is 2.06. The zero-order valence-corrected chi connectivity index (χ0v) is 10.4. The molecule has 92 valence electrons. The molecular formula is C12H22NO3+. The van der Waals surface area contributed by atoms with Gasteiger partial charge in [0.2, 0.25) is 0 Å². The minimum Gasteiger partial charge on any atom is -0.461 e. The number of ether oxygens (including phenoxy) is 1. The maximum absolute atomic E-state index is 12.1. The Labute approximate surface area is 96.9 Å². The summed E-state index contributed by atoms with van der Waals surface area (Å²) in [4.78, 5) is 12.1. The summed E-state index contributed by atoms with van der Waals surface area (Å²) < 4.78 is 6.18. The molecule has 0 radical (unpaired) electrons. The van der Waals surface area contributed by atoms with Crippen molar-refractivity contribution in [2.45, 2.75) is 52.0 Å². The zero-order valence-electron chi connectivity index (χ0n) is 10.4. The Hall–Kier alpha value is -1.06. The molecule has 0 aromatic heterocycles. The van der Waals surface area contributed by atoms with Crippen molar-refractivity contribution < 1.29 is 19.5 Å². The lowest BCUT2D eigenvalue weighted by Crippen LogP contribution is -2.51. The van der Waals surface area contributed by atoms with E-state index in [4.69, 9.17) is 4.74 Å². The van der Waals surface area contributed by atoms with Gasteiger partial charge in [0.05, 0.1) is 6.61 Å². The van der Waals surface area contributed by atoms with Crippen molar-refractivity contribution in [1.82, 2.24) is 0 Å². The Kier molecular flexibility index (Phi) is 4.33. The van der Waals surface area contributed by atoms with E-state index in [2.05, 4.69) is 6.92 Å². The van der Waals surface area contributed by atoms with Crippen LogP contribution < -0.4 is 0 Å². The number of carbonyl (C=O) groups is 1. The highest BCUT2D eigenvalue weighted by atomic mass is 16.5. The van der Waals surface area contributed by atoms with Crippen molar-refractivity contribution in [1.29, 1.82) is 0 Å². The number of nitrogens with zero attached hydrogens (tertiary/aromatic N) is 1. The highest BCUT2D eigenvalue weighted by molar-refractivity contribution is 5.82. The van der Waals surface area contributed by atoms with Gasteiger partial charge in [-0.3, -0.25) is 5.21 Å². The molecule has 0 aliphatic carbocycles. The van der Waals surface area contributed by atoms with Gasteiger partial charge >= 0.3 is 11.5 Å². The summed E-state index contributed by atoms with van der Waals surface area (Å²) in [7, 11) is 0. The van der Waals surface area contributed by atoms with Crippen LogP contribution >= 0.6 is 0 Å². The molecule has 0 bridgehead atoms. The summed E-state index contributed by atoms with van der Waals surface area (Å²) in [5, 5.41) is 9.91. The van der Waals surface area contributed by atoms with Gasteiger partial charge in [-0.25, -0.2) is 4.79 Å². The fraction of sp³-hybridized carbons (Fsp3) is 0.833. The van der Waals surface area contributed by atoms with Crippen LogP contribution in [-0.2, 0) is 9.53 Å². The highest BCUT2D eigenvalue weighted by Crippen LogP contribution is 2.34. The van der Waals surface area contributed by atoms with Gasteiger partial charge in [-0.1, -0.05) is 20.3 Å². The van der Waals surface area contributed by atoms with Crippen LogP contribution in [0.4, 0.5) is 0 Å². The number of carbonyl (C=O) groups excluding carboxylic acids is 1. The van der Waals surface area contributed by atoms with Crippen molar-refractivity contribution in [3.8, 4) is 0 Å². The monoisotopic (exact) mass is 228 g/mol. The van der Waals surface area contributed by atoms with Gasteiger partial charge in [0.1, 0.15) is 0 Å². The molecular weight excluding hydrogens is 206 g/mol. The second-order valence-electron chi connectivity index (χ2n) is 4.41. The molecule has 0 amide bonds. The Balaban J connectivity index is 2.92. The smallest absolute Gasteiger partial charge is 0.383 e. The van der Waals surface area contributed by atoms with Gasteiger partial charge in [0, 0.05) is 18.8 Å². The van der Waals surface area contributed by atoms with E-state index < -0.39 is 5.54 Å². The standard InChI is InChI=1S/C12H22NO3/c1-4-6-8-12(11(14)16-5-2)10(3)7-9-13(12)15/h9-10,15H,4-8H2,1-3H3/q+1. The molecule has 2 atom stereocenters. The van der Waals surface area contributed by atoms with Crippen molar-refractivity contribution in [3.05, 3.63) is 0 Å². The van der Waals surface area contributed by atoms with Crippen LogP contribution in [0.15, 0.2) is 0 Å². The van der Waals surface area contributed by atoms with Crippen LogP contribution in [0.5, 0.6) is 0 Å². The maximum atomic E-state index is 12.1. The Morgan fingerprint density at radius 1 is 1.62 bits per heavy atom. The lowest BCUT2D eigenvalue weighted by molar-refractivity contribution is -0.813. The SMILES string of the molecule is CCCCC1(C(=O)OCC)C(C)CC=[N+]1O. The molecule has 0 aromatic rings. The zero-order chi connectivity index (χ0) is 12.2. The van der Waals surface area contributed by atoms with E-state index in [1.54, 1.807) is 13.1 Å². The van der Waals surface area contributed by atoms with E-state index in [9.17, 15) is 10.0 Å². The summed E-state index contributed by atoms with van der Waals surface area (Å²) in [5.74, 6) is -0.199. The summed E-state index contributed by atoms with van der Waals surface area (Å²) >= 11 is 0. The van der Waals surface area contributed by atoms with Crippen LogP contribution in [0.25, 0.3) is 0 Å². The van der Waals surface area contributed by atoms with Crippen molar-refractivity contribution in [2.75, 3.05) is 6.61 Å². The Morgan fingerprint density at radius 2 is 2.31 bits per heavy atom. The number of hydrogen-bond donors (Lipinski definition) is 1. The molecule has 1 aliphatic rings. The molecule has 1 rings (SSSR count). The highest BCUT2D eigenvalue weighted by Gasteiger charge is 2.59. The van der Waals surface area contributed by atoms with Crippen LogP contribution in [-0.4, -0.2) is 34.3 Å². The summed E-state index contributed by atoms with van der Waals surface area (Å²) in [6, 6.07) is 0. The summed E-state index contributed by atoms with van der Waals surface area (Å²) in [6.45, 7) is 6.20. The number of hydrogen-bond acceptors (Lipinski definition) is 3. The molecule has 1 heterocycles. The Morgan fingerprint density at radius 3 is 2.75 bits per heavy atom. The quantitative estimate of drug-likeness (QED) is 0.445. The van der Waals surface area contributed by atoms with Gasteiger partial charge in [-0.05, 0) is 18.1 Å². The van der Waals surface area contributed by atoms with E-state index in [1.807, 2.05) is 6.92 Å². The second kappa shape index (κ2) is 5.32. The third-order valence-electron chi connectivity index (χ3n) is 3.40. The minimum absolute atomic E-state index is 0.100. The number of rotatable bonds is 5. The van der Waals surface area contributed by atoms with Crippen LogP contribution in [0.2, 0.25) is 0 Å². The lowest BCUT2D eigenvalue weighted by Gasteiger charge is -2.24. The molecule has 0 aromatic carbocycles. The summed E-state index contributed by atoms with van der Waals surface area (Å²) in [5.41, 5.74) is -0.855. The van der Waals surface area contributed by atoms with E-state index in [-0.39, 0.29) is 11.9 Å². The topological polar surface area (TPSA) is 49.5 Å². The predicted octanol–water partition coefficient (Wildman–Crippen LogP) is 1.99. The van der Waals surface area contributed by atoms with Crippen LogP contribution in [0, 0.1) is 5.92 Å². The van der Waals surface area contributed by atoms with E-state index in [0.717, 1.165) is 24.0 Å². The fourth-order valence-corrected chi connectivity index (χ4v) is 2.30. The van der Waals surface area contributed by atoms with Gasteiger partial charge in [-0.15, -0.1) is 0 Å². The first-order valence-corrected chi connectivity index (χ1v) is 6.08. The second-order valence-corrected chi connectivity index (χ2v) is 4.41. The van der Waals surface area contributed by atoms with Gasteiger partial charge in [-0.2, -0.15) is 0 Å². The third-order valence-corrected chi connectivity index (χ3v) is 3.40. The molecule has 1 N–H and O–H groups in total. The first-order chi connectivity index (χ1) is 7.59. The van der Waals surface area contributed by atoms with Gasteiger partial charge in [0.25, 0.3) is 0 Å². The molecule has 0 saturated heterocycles. The molecule has 4 heteroatoms. The Bertz CT molecular complexity index is 288. The first-order valence-electron chi connectivity index (χ1n) is 6.08. The number of unbranched alkanes of at least 4 members (excludes halogenated alkanes) is 1. The van der Waals surface area contributed by atoms with E-state index in [1.165, 1.54) is 0 Å². The predicted molar refractivity (Wildman–Crippen MR) is 60.8 cm³/mol. The molecule has 4 nitrogen and oxygen atoms in total. The van der Waals surface area contributed by atoms with Crippen LogP contribution in [0.3, 0.4) is 0 Å². The lowest BCUT2D eigenvalue weighted by atomic mass is 9.82. The molecule has 0 spiro atoms. The first kappa shape index (κ1) is 13.0. The molecule has 0 fully saturated rings. The molecule has 0 saturated carbocycles. The van der Waals surface area contributed by atoms with E-state index >= 15 is 0 Å². The number of hydroxylamine groups is 1. The minimum atomic E-state index is -0.855. The average Bonchev–Trinajstić information content (AvgIpc) is 2.54. The number of esters is 1. The van der Waals surface area contributed by atoms with Crippen LogP contribution in [0.1, 0.15) is 46.5 Å². The van der Waals surface area contributed by atoms with Crippen molar-refractivity contribution >= 4 is 12.2 Å². The average molecular weight is 228 g/mol. The molecule has 1 aliphatic heterocycles. The van der Waals surface area contributed by atoms with Gasteiger partial charge in [0.15, 0.2) is 6.21 Å². The maximum Gasteiger partial charge on any atom is 0.383 e. The van der Waals surface area contributed by atoms with Crippen molar-refractivity contribution in [3.63, 3.8) is 0 Å². The van der Waals surface area contributed by atoms with E-state index in [0.29, 0.717) is 13.0 Å². The molecule has 16 heavy (non-hydrogen) atoms. The normalized spacial score (nSPS) is 28.9. The molecule has 2 unspecified atom stereocenters. The fourth-order valence-electron chi connectivity index (χ4n) is 2.30. The van der Waals surface area contributed by atoms with Gasteiger partial charge < -0.3 is 4.74 Å². The van der Waals surface area contributed by atoms with Crippen molar-refractivity contribution in [2.24, 2.45) is 5.92 Å². The summed E-state index contributed by atoms with van der Waals surface area (Å²) in [6.07, 6.45) is 4.96.